The van der Waals surface area contributed by atoms with E-state index in [1.165, 1.54) is 143 Å². The fraction of sp³-hybridized carbons (Fsp3) is 0.529. The Balaban J connectivity index is 1.33. The van der Waals surface area contributed by atoms with Gasteiger partial charge < -0.3 is 0 Å². The summed E-state index contributed by atoms with van der Waals surface area (Å²) in [5.41, 5.74) is 9.03. The first-order chi connectivity index (χ1) is 28.8. The molecule has 0 saturated carbocycles. The Hall–Kier alpha value is -2.02. The summed E-state index contributed by atoms with van der Waals surface area (Å²) < 4.78 is 24.2. The zero-order valence-electron chi connectivity index (χ0n) is 37.0. The van der Waals surface area contributed by atoms with Crippen molar-refractivity contribution in [3.63, 3.8) is 0 Å². The van der Waals surface area contributed by atoms with Crippen molar-refractivity contribution in [1.29, 1.82) is 0 Å². The normalized spacial score (nSPS) is 13.1. The second-order valence-electron chi connectivity index (χ2n) is 17.0. The van der Waals surface area contributed by atoms with Gasteiger partial charge in [-0.2, -0.15) is 0 Å². The summed E-state index contributed by atoms with van der Waals surface area (Å²) in [6.07, 6.45) is 20.3. The van der Waals surface area contributed by atoms with Crippen LogP contribution in [0.15, 0.2) is 36.4 Å². The van der Waals surface area contributed by atoms with Crippen LogP contribution < -0.4 is 4.74 Å². The van der Waals surface area contributed by atoms with E-state index in [9.17, 15) is 0 Å². The Morgan fingerprint density at radius 2 is 1.29 bits per heavy atom. The summed E-state index contributed by atoms with van der Waals surface area (Å²) in [6, 6.07) is 14.9. The molecule has 0 radical (unpaired) electrons. The SMILES string of the molecule is CCCCCCCCOc1c(C)c(-c2ccc(-c3cc4c(CC(CC)CCCC)c5[se]c(-c6ccc(C)s6)cc5c(CC(CC)CCCC)c4s3)[se]2)c2nsnc2c1C. The molecule has 8 heteroatoms. The molecule has 316 valence electrons. The van der Waals surface area contributed by atoms with Crippen molar-refractivity contribution >= 4 is 94.2 Å². The number of rotatable bonds is 23. The molecule has 0 aliphatic heterocycles. The summed E-state index contributed by atoms with van der Waals surface area (Å²) >= 11 is 5.91. The van der Waals surface area contributed by atoms with Crippen LogP contribution in [0.5, 0.6) is 5.75 Å². The first-order valence-corrected chi connectivity index (χ1v) is 28.6. The number of nitrogens with zero attached hydrogens (tertiary/aromatic N) is 2. The summed E-state index contributed by atoms with van der Waals surface area (Å²) in [7, 11) is 0. The average Bonchev–Trinajstić information content (AvgIpc) is 4.10. The van der Waals surface area contributed by atoms with E-state index in [1.807, 2.05) is 11.3 Å². The molecule has 2 unspecified atom stereocenters. The van der Waals surface area contributed by atoms with Crippen LogP contribution in [0.3, 0.4) is 0 Å². The van der Waals surface area contributed by atoms with E-state index in [1.54, 1.807) is 35.3 Å². The molecule has 0 spiro atoms. The number of aromatic nitrogens is 2. The monoisotopic (exact) mass is 978 g/mol. The Bertz CT molecular complexity index is 2370. The van der Waals surface area contributed by atoms with Crippen molar-refractivity contribution in [2.45, 2.75) is 158 Å². The van der Waals surface area contributed by atoms with Crippen molar-refractivity contribution in [1.82, 2.24) is 8.75 Å². The fourth-order valence-electron chi connectivity index (χ4n) is 9.06. The molecule has 7 aromatic rings. The van der Waals surface area contributed by atoms with Gasteiger partial charge in [-0.15, -0.1) is 0 Å². The van der Waals surface area contributed by atoms with E-state index in [0.29, 0.717) is 14.5 Å². The summed E-state index contributed by atoms with van der Waals surface area (Å²) in [5, 5.41) is 3.18. The molecular formula is C51H66N2OS3Se2. The van der Waals surface area contributed by atoms with E-state index in [2.05, 4.69) is 103 Å². The van der Waals surface area contributed by atoms with Gasteiger partial charge in [0.05, 0.1) is 0 Å². The van der Waals surface area contributed by atoms with Gasteiger partial charge in [-0.3, -0.25) is 0 Å². The number of aryl methyl sites for hydroxylation is 2. The topological polar surface area (TPSA) is 35.0 Å². The maximum atomic E-state index is 6.63. The van der Waals surface area contributed by atoms with Crippen molar-refractivity contribution < 1.29 is 4.74 Å². The van der Waals surface area contributed by atoms with Gasteiger partial charge in [-0.05, 0) is 0 Å². The molecule has 0 saturated heterocycles. The predicted octanol–water partition coefficient (Wildman–Crippen LogP) is 16.4. The van der Waals surface area contributed by atoms with E-state index in [4.69, 9.17) is 13.5 Å². The van der Waals surface area contributed by atoms with E-state index in [-0.39, 0.29) is 14.5 Å². The number of hydrogen-bond donors (Lipinski definition) is 0. The summed E-state index contributed by atoms with van der Waals surface area (Å²) in [6.45, 7) is 19.3. The summed E-state index contributed by atoms with van der Waals surface area (Å²) in [5.74, 6) is 2.48. The van der Waals surface area contributed by atoms with Crippen molar-refractivity contribution in [2.75, 3.05) is 6.61 Å². The van der Waals surface area contributed by atoms with Crippen LogP contribution >= 0.6 is 34.4 Å². The zero-order valence-corrected chi connectivity index (χ0v) is 42.9. The molecule has 0 aliphatic carbocycles. The molecule has 5 heterocycles. The van der Waals surface area contributed by atoms with Gasteiger partial charge in [0.2, 0.25) is 0 Å². The van der Waals surface area contributed by atoms with Crippen LogP contribution in [-0.4, -0.2) is 44.4 Å². The third-order valence-corrected chi connectivity index (χ3v) is 21.0. The van der Waals surface area contributed by atoms with Crippen LogP contribution in [0.25, 0.3) is 59.4 Å². The Labute approximate surface area is 379 Å². The van der Waals surface area contributed by atoms with E-state index < -0.39 is 0 Å². The minimum absolute atomic E-state index is 0.158. The molecule has 5 aromatic heterocycles. The second-order valence-corrected chi connectivity index (χ2v) is 24.4. The number of thiophene rings is 2. The van der Waals surface area contributed by atoms with Crippen molar-refractivity contribution in [3.8, 4) is 34.4 Å². The van der Waals surface area contributed by atoms with Gasteiger partial charge in [0.15, 0.2) is 0 Å². The summed E-state index contributed by atoms with van der Waals surface area (Å²) in [4.78, 5) is 4.38. The Morgan fingerprint density at radius 1 is 0.610 bits per heavy atom. The fourth-order valence-corrected chi connectivity index (χ4v) is 17.2. The Morgan fingerprint density at radius 3 is 1.98 bits per heavy atom. The molecule has 59 heavy (non-hydrogen) atoms. The van der Waals surface area contributed by atoms with Crippen molar-refractivity contribution in [2.24, 2.45) is 11.8 Å². The molecule has 3 nitrogen and oxygen atoms in total. The molecular weight excluding hydrogens is 911 g/mol. The number of benzene rings is 2. The van der Waals surface area contributed by atoms with Gasteiger partial charge in [0.1, 0.15) is 0 Å². The molecule has 0 aliphatic rings. The zero-order chi connectivity index (χ0) is 41.5. The second kappa shape index (κ2) is 21.4. The molecule has 0 N–H and O–H groups in total. The number of hydrogen-bond acceptors (Lipinski definition) is 6. The molecule has 2 atom stereocenters. The number of ether oxygens (including phenoxy) is 1. The number of fused-ring (bicyclic) bond motifs is 3. The average molecular weight is 977 g/mol. The Kier molecular flexibility index (Phi) is 16.3. The van der Waals surface area contributed by atoms with Crippen molar-refractivity contribution in [3.05, 3.63) is 63.5 Å². The number of unbranched alkanes of at least 4 members (excludes halogenated alkanes) is 7. The van der Waals surface area contributed by atoms with Crippen LogP contribution in [-0.2, 0) is 12.8 Å². The predicted molar refractivity (Wildman–Crippen MR) is 265 cm³/mol. The first kappa shape index (κ1) is 45.0. The molecule has 2 aromatic carbocycles. The van der Waals surface area contributed by atoms with Gasteiger partial charge in [-0.25, -0.2) is 0 Å². The van der Waals surface area contributed by atoms with Gasteiger partial charge in [0, 0.05) is 0 Å². The van der Waals surface area contributed by atoms with E-state index >= 15 is 0 Å². The quantitative estimate of drug-likeness (QED) is 0.0473. The van der Waals surface area contributed by atoms with Crippen LogP contribution in [0.1, 0.15) is 152 Å². The standard InChI is InChI=1S/C51H66N2OS3Se2/c1-9-14-17-18-19-20-27-54-49-33(7)46(48-47(34(49)8)52-57-53-48)44-26-25-43(58-44)42-30-38-39(29-36(13-5)22-16-11-3)51-40(31-45(59-51)41-24-23-32(6)55-41)37(50(38)56-42)28-35(12-4)21-15-10-2/h23-26,30-31,35-36H,9-22,27-29H2,1-8H3. The third kappa shape index (κ3) is 10.1. The van der Waals surface area contributed by atoms with Crippen LogP contribution in [0.2, 0.25) is 0 Å². The molecule has 7 rings (SSSR count). The minimum atomic E-state index is 0.158. The van der Waals surface area contributed by atoms with Gasteiger partial charge >= 0.3 is 375 Å². The van der Waals surface area contributed by atoms with Crippen LogP contribution in [0, 0.1) is 32.6 Å². The molecule has 0 bridgehead atoms. The first-order valence-electron chi connectivity index (χ1n) is 22.9. The molecule has 0 fully saturated rings. The van der Waals surface area contributed by atoms with Gasteiger partial charge in [0.25, 0.3) is 0 Å². The maximum absolute atomic E-state index is 6.63. The van der Waals surface area contributed by atoms with Gasteiger partial charge in [-0.1, -0.05) is 6.92 Å². The van der Waals surface area contributed by atoms with E-state index in [0.717, 1.165) is 47.2 Å². The third-order valence-electron chi connectivity index (χ3n) is 12.7. The molecule has 0 amide bonds. The van der Waals surface area contributed by atoms with Crippen LogP contribution in [0.4, 0.5) is 0 Å².